The van der Waals surface area contributed by atoms with Crippen LogP contribution in [0.25, 0.3) is 0 Å². The summed E-state index contributed by atoms with van der Waals surface area (Å²) in [6.07, 6.45) is 16.3. The first kappa shape index (κ1) is 21.0. The molecule has 0 aliphatic rings. The lowest BCUT2D eigenvalue weighted by molar-refractivity contribution is 0.190. The summed E-state index contributed by atoms with van der Waals surface area (Å²) in [6, 6.07) is 0. The van der Waals surface area contributed by atoms with Crippen molar-refractivity contribution in [1.82, 2.24) is 0 Å². The average molecular weight is 299 g/mol. The van der Waals surface area contributed by atoms with Crippen LogP contribution in [0.1, 0.15) is 105 Å². The van der Waals surface area contributed by atoms with Crippen LogP contribution >= 0.6 is 0 Å². The Bertz CT molecular complexity index is 198. The van der Waals surface area contributed by atoms with Gasteiger partial charge in [-0.3, -0.25) is 0 Å². The second-order valence-electron chi connectivity index (χ2n) is 7.02. The van der Waals surface area contributed by atoms with Crippen molar-refractivity contribution in [2.24, 2.45) is 17.8 Å². The number of aliphatic hydroxyl groups is 1. The minimum Gasteiger partial charge on any atom is -0.396 e. The summed E-state index contributed by atoms with van der Waals surface area (Å²) in [5.41, 5.74) is 0. The Hall–Kier alpha value is -0.0400. The van der Waals surface area contributed by atoms with Gasteiger partial charge in [-0.1, -0.05) is 98.3 Å². The van der Waals surface area contributed by atoms with Gasteiger partial charge in [0.25, 0.3) is 0 Å². The standard InChI is InChI=1S/C20H42O/c1-5-9-10-11-13-18(6-2)14-12-15-19(7-3)16-20(8-4)17-21/h18-21H,5-17H2,1-4H3. The quantitative estimate of drug-likeness (QED) is 0.338. The first-order valence-electron chi connectivity index (χ1n) is 9.82. The molecule has 21 heavy (non-hydrogen) atoms. The van der Waals surface area contributed by atoms with Crippen LogP contribution in [0.2, 0.25) is 0 Å². The maximum absolute atomic E-state index is 9.36. The van der Waals surface area contributed by atoms with E-state index in [1.54, 1.807) is 0 Å². The second kappa shape index (κ2) is 14.9. The number of unbranched alkanes of at least 4 members (excludes halogenated alkanes) is 3. The maximum Gasteiger partial charge on any atom is 0.0459 e. The molecule has 0 fully saturated rings. The van der Waals surface area contributed by atoms with E-state index in [0.717, 1.165) is 18.3 Å². The zero-order valence-corrected chi connectivity index (χ0v) is 15.4. The number of aliphatic hydroxyl groups excluding tert-OH is 1. The molecule has 3 atom stereocenters. The van der Waals surface area contributed by atoms with Crippen LogP contribution < -0.4 is 0 Å². The van der Waals surface area contributed by atoms with Gasteiger partial charge in [-0.15, -0.1) is 0 Å². The summed E-state index contributed by atoms with van der Waals surface area (Å²) >= 11 is 0. The lowest BCUT2D eigenvalue weighted by atomic mass is 9.85. The van der Waals surface area contributed by atoms with Crippen LogP contribution in [0, 0.1) is 17.8 Å². The predicted octanol–water partition coefficient (Wildman–Crippen LogP) is 6.59. The molecule has 1 heteroatoms. The molecule has 0 spiro atoms. The van der Waals surface area contributed by atoms with E-state index < -0.39 is 0 Å². The Morgan fingerprint density at radius 2 is 1.19 bits per heavy atom. The summed E-state index contributed by atoms with van der Waals surface area (Å²) in [4.78, 5) is 0. The van der Waals surface area contributed by atoms with Gasteiger partial charge in [0.2, 0.25) is 0 Å². The van der Waals surface area contributed by atoms with Crippen molar-refractivity contribution in [3.05, 3.63) is 0 Å². The van der Waals surface area contributed by atoms with Gasteiger partial charge in [0.15, 0.2) is 0 Å². The fraction of sp³-hybridized carbons (Fsp3) is 1.00. The largest absolute Gasteiger partial charge is 0.396 e. The van der Waals surface area contributed by atoms with Gasteiger partial charge in [-0.2, -0.15) is 0 Å². The van der Waals surface area contributed by atoms with Crippen molar-refractivity contribution in [2.45, 2.75) is 105 Å². The third kappa shape index (κ3) is 11.2. The smallest absolute Gasteiger partial charge is 0.0459 e. The maximum atomic E-state index is 9.36. The average Bonchev–Trinajstić information content (AvgIpc) is 2.52. The highest BCUT2D eigenvalue weighted by molar-refractivity contribution is 4.66. The molecule has 0 saturated heterocycles. The van der Waals surface area contributed by atoms with Crippen molar-refractivity contribution < 1.29 is 5.11 Å². The van der Waals surface area contributed by atoms with Gasteiger partial charge >= 0.3 is 0 Å². The molecular weight excluding hydrogens is 256 g/mol. The molecule has 0 aliphatic carbocycles. The third-order valence-electron chi connectivity index (χ3n) is 5.35. The predicted molar refractivity (Wildman–Crippen MR) is 95.7 cm³/mol. The molecule has 0 aromatic rings. The summed E-state index contributed by atoms with van der Waals surface area (Å²) in [5.74, 6) is 2.32. The van der Waals surface area contributed by atoms with E-state index in [-0.39, 0.29) is 0 Å². The second-order valence-corrected chi connectivity index (χ2v) is 7.02. The molecule has 0 amide bonds. The van der Waals surface area contributed by atoms with Gasteiger partial charge in [0.05, 0.1) is 0 Å². The number of hydrogen-bond acceptors (Lipinski definition) is 1. The Kier molecular flexibility index (Phi) is 14.9. The highest BCUT2D eigenvalue weighted by atomic mass is 16.3. The Morgan fingerprint density at radius 1 is 0.619 bits per heavy atom. The third-order valence-corrected chi connectivity index (χ3v) is 5.35. The van der Waals surface area contributed by atoms with Gasteiger partial charge in [0.1, 0.15) is 0 Å². The molecule has 0 rings (SSSR count). The van der Waals surface area contributed by atoms with Crippen molar-refractivity contribution in [3.63, 3.8) is 0 Å². The van der Waals surface area contributed by atoms with Gasteiger partial charge in [-0.25, -0.2) is 0 Å². The highest BCUT2D eigenvalue weighted by Gasteiger charge is 2.14. The summed E-state index contributed by atoms with van der Waals surface area (Å²) in [7, 11) is 0. The van der Waals surface area contributed by atoms with E-state index in [1.807, 2.05) is 0 Å². The minimum absolute atomic E-state index is 0.377. The minimum atomic E-state index is 0.377. The molecule has 0 heterocycles. The van der Waals surface area contributed by atoms with E-state index in [4.69, 9.17) is 0 Å². The molecule has 0 aromatic carbocycles. The topological polar surface area (TPSA) is 20.2 Å². The Morgan fingerprint density at radius 3 is 1.71 bits per heavy atom. The highest BCUT2D eigenvalue weighted by Crippen LogP contribution is 2.26. The molecule has 0 bridgehead atoms. The summed E-state index contributed by atoms with van der Waals surface area (Å²) < 4.78 is 0. The van der Waals surface area contributed by atoms with E-state index in [9.17, 15) is 5.11 Å². The van der Waals surface area contributed by atoms with Gasteiger partial charge < -0.3 is 5.11 Å². The van der Waals surface area contributed by atoms with E-state index in [0.29, 0.717) is 12.5 Å². The van der Waals surface area contributed by atoms with Crippen LogP contribution in [-0.2, 0) is 0 Å². The van der Waals surface area contributed by atoms with Crippen LogP contribution in [0.4, 0.5) is 0 Å². The molecule has 3 unspecified atom stereocenters. The fourth-order valence-corrected chi connectivity index (χ4v) is 3.44. The summed E-state index contributed by atoms with van der Waals surface area (Å²) in [5, 5.41) is 9.36. The molecule has 128 valence electrons. The van der Waals surface area contributed by atoms with Crippen molar-refractivity contribution in [1.29, 1.82) is 0 Å². The first-order chi connectivity index (χ1) is 10.2. The van der Waals surface area contributed by atoms with Gasteiger partial charge in [0, 0.05) is 6.61 Å². The van der Waals surface area contributed by atoms with Crippen molar-refractivity contribution in [3.8, 4) is 0 Å². The molecule has 1 nitrogen and oxygen atoms in total. The van der Waals surface area contributed by atoms with Crippen LogP contribution in [0.3, 0.4) is 0 Å². The number of rotatable bonds is 15. The Labute approximate surface area is 134 Å². The Balaban J connectivity index is 3.84. The van der Waals surface area contributed by atoms with Crippen LogP contribution in [-0.4, -0.2) is 11.7 Å². The zero-order chi connectivity index (χ0) is 15.9. The monoisotopic (exact) mass is 298 g/mol. The van der Waals surface area contributed by atoms with Crippen LogP contribution in [0.5, 0.6) is 0 Å². The SMILES string of the molecule is CCCCCCC(CC)CCCC(CC)CC(CC)CO. The normalized spacial score (nSPS) is 15.9. The van der Waals surface area contributed by atoms with Gasteiger partial charge in [-0.05, 0) is 24.2 Å². The fourth-order valence-electron chi connectivity index (χ4n) is 3.44. The lowest BCUT2D eigenvalue weighted by Gasteiger charge is -2.21. The molecule has 0 aliphatic heterocycles. The zero-order valence-electron chi connectivity index (χ0n) is 15.4. The number of hydrogen-bond donors (Lipinski definition) is 1. The van der Waals surface area contributed by atoms with Crippen LogP contribution in [0.15, 0.2) is 0 Å². The molecule has 0 saturated carbocycles. The summed E-state index contributed by atoms with van der Waals surface area (Å²) in [6.45, 7) is 9.55. The lowest BCUT2D eigenvalue weighted by Crippen LogP contribution is -2.12. The van der Waals surface area contributed by atoms with E-state index in [2.05, 4.69) is 27.7 Å². The van der Waals surface area contributed by atoms with E-state index in [1.165, 1.54) is 70.6 Å². The molecular formula is C20H42O. The van der Waals surface area contributed by atoms with Crippen molar-refractivity contribution >= 4 is 0 Å². The molecule has 0 aromatic heterocycles. The van der Waals surface area contributed by atoms with E-state index >= 15 is 0 Å². The first-order valence-corrected chi connectivity index (χ1v) is 9.82. The van der Waals surface area contributed by atoms with Crippen molar-refractivity contribution in [2.75, 3.05) is 6.61 Å². The molecule has 1 N–H and O–H groups in total. The molecule has 0 radical (unpaired) electrons.